The molecule has 0 aliphatic rings. The van der Waals surface area contributed by atoms with E-state index in [-0.39, 0.29) is 5.91 Å². The Hall–Kier alpha value is -1.06. The lowest BCUT2D eigenvalue weighted by atomic mass is 10.1. The van der Waals surface area contributed by atoms with Gasteiger partial charge in [0.05, 0.1) is 0 Å². The van der Waals surface area contributed by atoms with Crippen molar-refractivity contribution in [2.75, 3.05) is 14.1 Å². The second kappa shape index (κ2) is 4.98. The van der Waals surface area contributed by atoms with Crippen LogP contribution in [0.2, 0.25) is 0 Å². The fourth-order valence-electron chi connectivity index (χ4n) is 1.05. The molecule has 0 saturated carbocycles. The molecule has 0 fully saturated rings. The van der Waals surface area contributed by atoms with Gasteiger partial charge in [0, 0.05) is 14.1 Å². The molecule has 1 atom stereocenters. The Bertz CT molecular complexity index is 300. The fourth-order valence-corrected chi connectivity index (χ4v) is 1.24. The molecule has 0 aliphatic carbocycles. The van der Waals surface area contributed by atoms with Gasteiger partial charge in [-0.15, -0.1) is 11.6 Å². The molecule has 1 rings (SSSR count). The van der Waals surface area contributed by atoms with Crippen LogP contribution in [0, 0.1) is 0 Å². The minimum absolute atomic E-state index is 0.220. The van der Waals surface area contributed by atoms with Gasteiger partial charge in [-0.1, -0.05) is 30.3 Å². The van der Waals surface area contributed by atoms with Crippen LogP contribution in [-0.4, -0.2) is 25.0 Å². The molecule has 0 aromatic heterocycles. The van der Waals surface area contributed by atoms with Gasteiger partial charge >= 0.3 is 0 Å². The Morgan fingerprint density at radius 3 is 2.43 bits per heavy atom. The molecule has 1 aromatic carbocycles. The molecule has 1 N–H and O–H groups in total. The van der Waals surface area contributed by atoms with E-state index in [0.717, 1.165) is 5.56 Å². The van der Waals surface area contributed by atoms with Crippen LogP contribution in [0.25, 0.3) is 0 Å². The molecule has 14 heavy (non-hydrogen) atoms. The number of hydrazine groups is 1. The maximum Gasteiger partial charge on any atom is 0.256 e. The van der Waals surface area contributed by atoms with E-state index in [4.69, 9.17) is 11.6 Å². The molecule has 76 valence electrons. The van der Waals surface area contributed by atoms with E-state index in [1.807, 2.05) is 30.3 Å². The summed E-state index contributed by atoms with van der Waals surface area (Å²) in [4.78, 5) is 11.5. The standard InChI is InChI=1S/C10H13ClN2O/c1-13(2)12-10(14)9(11)8-6-4-3-5-7-8/h3-7,9H,1-2H3,(H,12,14)/t9-/m1/s1. The first kappa shape index (κ1) is 11.0. The summed E-state index contributed by atoms with van der Waals surface area (Å²) in [6, 6.07) is 9.25. The Labute approximate surface area is 88.6 Å². The van der Waals surface area contributed by atoms with E-state index >= 15 is 0 Å². The topological polar surface area (TPSA) is 32.3 Å². The summed E-state index contributed by atoms with van der Waals surface area (Å²) < 4.78 is 0. The molecule has 0 saturated heterocycles. The minimum Gasteiger partial charge on any atom is -0.288 e. The van der Waals surface area contributed by atoms with Crippen molar-refractivity contribution in [2.24, 2.45) is 0 Å². The van der Waals surface area contributed by atoms with Crippen LogP contribution in [0.4, 0.5) is 0 Å². The van der Waals surface area contributed by atoms with Crippen molar-refractivity contribution >= 4 is 17.5 Å². The molecule has 4 heteroatoms. The van der Waals surface area contributed by atoms with Crippen LogP contribution >= 0.6 is 11.6 Å². The number of benzene rings is 1. The summed E-state index contributed by atoms with van der Waals surface area (Å²) in [5.74, 6) is -0.220. The summed E-state index contributed by atoms with van der Waals surface area (Å²) in [5.41, 5.74) is 3.40. The van der Waals surface area contributed by atoms with Crippen molar-refractivity contribution < 1.29 is 4.79 Å². The molecule has 1 aromatic rings. The Kier molecular flexibility index (Phi) is 3.92. The lowest BCUT2D eigenvalue weighted by molar-refractivity contribution is -0.124. The van der Waals surface area contributed by atoms with E-state index in [0.29, 0.717) is 0 Å². The number of halogens is 1. The van der Waals surface area contributed by atoms with Gasteiger partial charge < -0.3 is 0 Å². The number of rotatable bonds is 3. The van der Waals surface area contributed by atoms with Crippen LogP contribution in [0.5, 0.6) is 0 Å². The van der Waals surface area contributed by atoms with E-state index < -0.39 is 5.38 Å². The Morgan fingerprint density at radius 1 is 1.36 bits per heavy atom. The van der Waals surface area contributed by atoms with Gasteiger partial charge in [0.1, 0.15) is 5.38 Å². The number of hydrogen-bond donors (Lipinski definition) is 1. The first-order chi connectivity index (χ1) is 6.61. The highest BCUT2D eigenvalue weighted by molar-refractivity contribution is 6.30. The highest BCUT2D eigenvalue weighted by Gasteiger charge is 2.17. The predicted octanol–water partition coefficient (Wildman–Crippen LogP) is 1.56. The van der Waals surface area contributed by atoms with Crippen LogP contribution in [0.15, 0.2) is 30.3 Å². The highest BCUT2D eigenvalue weighted by Crippen LogP contribution is 2.19. The molecule has 0 spiro atoms. The Morgan fingerprint density at radius 2 is 1.93 bits per heavy atom. The number of hydrogen-bond acceptors (Lipinski definition) is 2. The summed E-state index contributed by atoms with van der Waals surface area (Å²) in [6.45, 7) is 0. The van der Waals surface area contributed by atoms with Crippen molar-refractivity contribution in [1.29, 1.82) is 0 Å². The van der Waals surface area contributed by atoms with Crippen molar-refractivity contribution in [3.63, 3.8) is 0 Å². The van der Waals surface area contributed by atoms with Crippen molar-refractivity contribution in [3.8, 4) is 0 Å². The van der Waals surface area contributed by atoms with Gasteiger partial charge in [-0.3, -0.25) is 10.2 Å². The summed E-state index contributed by atoms with van der Waals surface area (Å²) >= 11 is 5.96. The molecule has 0 bridgehead atoms. The van der Waals surface area contributed by atoms with E-state index in [1.165, 1.54) is 0 Å². The largest absolute Gasteiger partial charge is 0.288 e. The zero-order valence-corrected chi connectivity index (χ0v) is 8.95. The van der Waals surface area contributed by atoms with Gasteiger partial charge in [0.25, 0.3) is 5.91 Å². The first-order valence-corrected chi connectivity index (χ1v) is 4.71. The molecule has 1 amide bonds. The predicted molar refractivity (Wildman–Crippen MR) is 56.9 cm³/mol. The number of nitrogens with one attached hydrogen (secondary N) is 1. The van der Waals surface area contributed by atoms with Gasteiger partial charge in [0.2, 0.25) is 0 Å². The average molecular weight is 213 g/mol. The van der Waals surface area contributed by atoms with Crippen LogP contribution in [0.3, 0.4) is 0 Å². The number of amides is 1. The number of nitrogens with zero attached hydrogens (tertiary/aromatic N) is 1. The summed E-state index contributed by atoms with van der Waals surface area (Å²) in [5, 5.41) is 0.930. The normalized spacial score (nSPS) is 12.6. The maximum atomic E-state index is 11.5. The third kappa shape index (κ3) is 3.01. The third-order valence-electron chi connectivity index (χ3n) is 1.66. The van der Waals surface area contributed by atoms with Gasteiger partial charge in [0.15, 0.2) is 0 Å². The van der Waals surface area contributed by atoms with Crippen molar-refractivity contribution in [2.45, 2.75) is 5.38 Å². The lowest BCUT2D eigenvalue weighted by Crippen LogP contribution is -2.38. The fraction of sp³-hybridized carbons (Fsp3) is 0.300. The second-order valence-electron chi connectivity index (χ2n) is 3.14. The average Bonchev–Trinajstić information content (AvgIpc) is 2.17. The molecule has 0 radical (unpaired) electrons. The molecule has 0 unspecified atom stereocenters. The Balaban J connectivity index is 2.66. The lowest BCUT2D eigenvalue weighted by Gasteiger charge is -2.15. The number of carbonyl (C=O) groups excluding carboxylic acids is 1. The summed E-state index contributed by atoms with van der Waals surface area (Å²) in [6.07, 6.45) is 0. The molecule has 0 heterocycles. The first-order valence-electron chi connectivity index (χ1n) is 4.28. The van der Waals surface area contributed by atoms with Crippen molar-refractivity contribution in [3.05, 3.63) is 35.9 Å². The zero-order chi connectivity index (χ0) is 10.6. The number of carbonyl (C=O) groups is 1. The van der Waals surface area contributed by atoms with E-state index in [9.17, 15) is 4.79 Å². The van der Waals surface area contributed by atoms with Crippen molar-refractivity contribution in [1.82, 2.24) is 10.4 Å². The molecule has 3 nitrogen and oxygen atoms in total. The van der Waals surface area contributed by atoms with E-state index in [1.54, 1.807) is 19.1 Å². The summed E-state index contributed by atoms with van der Waals surface area (Å²) in [7, 11) is 3.49. The molecule has 0 aliphatic heterocycles. The minimum atomic E-state index is -0.640. The second-order valence-corrected chi connectivity index (χ2v) is 3.58. The van der Waals surface area contributed by atoms with Gasteiger partial charge in [-0.05, 0) is 5.56 Å². The smallest absolute Gasteiger partial charge is 0.256 e. The van der Waals surface area contributed by atoms with Gasteiger partial charge in [-0.2, -0.15) is 0 Å². The zero-order valence-electron chi connectivity index (χ0n) is 8.20. The van der Waals surface area contributed by atoms with Gasteiger partial charge in [-0.25, -0.2) is 5.01 Å². The number of alkyl halides is 1. The van der Waals surface area contributed by atoms with Crippen LogP contribution in [-0.2, 0) is 4.79 Å². The third-order valence-corrected chi connectivity index (χ3v) is 2.11. The quantitative estimate of drug-likeness (QED) is 0.609. The monoisotopic (exact) mass is 212 g/mol. The SMILES string of the molecule is CN(C)NC(=O)[C@H](Cl)c1ccccc1. The maximum absolute atomic E-state index is 11.5. The molecular weight excluding hydrogens is 200 g/mol. The molecular formula is C10H13ClN2O. The van der Waals surface area contributed by atoms with Crippen LogP contribution < -0.4 is 5.43 Å². The van der Waals surface area contributed by atoms with Crippen LogP contribution in [0.1, 0.15) is 10.9 Å². The van der Waals surface area contributed by atoms with E-state index in [2.05, 4.69) is 5.43 Å². The highest BCUT2D eigenvalue weighted by atomic mass is 35.5.